The quantitative estimate of drug-likeness (QED) is 0.539. The summed E-state index contributed by atoms with van der Waals surface area (Å²) in [7, 11) is 0. The number of nitrogens with zero attached hydrogens (tertiary/aromatic N) is 1. The van der Waals surface area contributed by atoms with Gasteiger partial charge in [-0.2, -0.15) is 0 Å². The number of aryl methyl sites for hydroxylation is 2. The van der Waals surface area contributed by atoms with E-state index in [0.29, 0.717) is 13.2 Å². The summed E-state index contributed by atoms with van der Waals surface area (Å²) in [6.07, 6.45) is 3.51. The van der Waals surface area contributed by atoms with Crippen molar-refractivity contribution in [2.24, 2.45) is 0 Å². The smallest absolute Gasteiger partial charge is 0.176 e. The Morgan fingerprint density at radius 1 is 1.25 bits per heavy atom. The average Bonchev–Trinajstić information content (AvgIpc) is 2.93. The highest BCUT2D eigenvalue weighted by molar-refractivity contribution is 5.97. The lowest BCUT2D eigenvalue weighted by Gasteiger charge is -2.19. The number of likely N-dealkylation sites (N-methyl/N-ethyl adjacent to an activating group) is 1. The van der Waals surface area contributed by atoms with E-state index in [0.717, 1.165) is 31.7 Å². The molecular formula is C17H25NO2. The molecule has 0 amide bonds. The fourth-order valence-corrected chi connectivity index (χ4v) is 2.73. The number of carbonyl (C=O) groups excluding carboxylic acids is 1. The standard InChI is InChI=1S/C17H25NO2/c1-3-18(10-11-20-4-2)13-17(19)16-9-8-14-6-5-7-15(14)12-16/h8-9,12H,3-7,10-11,13H2,1-2H3. The van der Waals surface area contributed by atoms with Gasteiger partial charge in [-0.1, -0.05) is 19.1 Å². The second-order valence-electron chi connectivity index (χ2n) is 5.33. The van der Waals surface area contributed by atoms with Crippen LogP contribution in [0.25, 0.3) is 0 Å². The summed E-state index contributed by atoms with van der Waals surface area (Å²) >= 11 is 0. The van der Waals surface area contributed by atoms with Crippen molar-refractivity contribution in [1.29, 1.82) is 0 Å². The van der Waals surface area contributed by atoms with Crippen molar-refractivity contribution in [2.45, 2.75) is 33.1 Å². The Morgan fingerprint density at radius 2 is 2.05 bits per heavy atom. The zero-order valence-electron chi connectivity index (χ0n) is 12.7. The first-order valence-electron chi connectivity index (χ1n) is 7.69. The summed E-state index contributed by atoms with van der Waals surface area (Å²) < 4.78 is 5.36. The van der Waals surface area contributed by atoms with Crippen LogP contribution in [0.4, 0.5) is 0 Å². The zero-order chi connectivity index (χ0) is 14.4. The van der Waals surface area contributed by atoms with Crippen LogP contribution in [0.1, 0.15) is 41.8 Å². The monoisotopic (exact) mass is 275 g/mol. The van der Waals surface area contributed by atoms with E-state index in [9.17, 15) is 4.79 Å². The van der Waals surface area contributed by atoms with E-state index >= 15 is 0 Å². The minimum absolute atomic E-state index is 0.220. The summed E-state index contributed by atoms with van der Waals surface area (Å²) in [6, 6.07) is 6.22. The van der Waals surface area contributed by atoms with Gasteiger partial charge in [-0.15, -0.1) is 0 Å². The number of benzene rings is 1. The van der Waals surface area contributed by atoms with Crippen LogP contribution in [0.5, 0.6) is 0 Å². The van der Waals surface area contributed by atoms with E-state index in [1.807, 2.05) is 13.0 Å². The third-order valence-electron chi connectivity index (χ3n) is 3.99. The third kappa shape index (κ3) is 3.90. The highest BCUT2D eigenvalue weighted by Gasteiger charge is 2.15. The van der Waals surface area contributed by atoms with Crippen molar-refractivity contribution in [1.82, 2.24) is 4.90 Å². The summed E-state index contributed by atoms with van der Waals surface area (Å²) in [4.78, 5) is 14.5. The van der Waals surface area contributed by atoms with Gasteiger partial charge < -0.3 is 4.74 Å². The first-order valence-corrected chi connectivity index (χ1v) is 7.69. The number of fused-ring (bicyclic) bond motifs is 1. The Hall–Kier alpha value is -1.19. The molecule has 0 spiro atoms. The summed E-state index contributed by atoms with van der Waals surface area (Å²) in [6.45, 7) is 7.69. The van der Waals surface area contributed by atoms with E-state index in [4.69, 9.17) is 4.74 Å². The van der Waals surface area contributed by atoms with Crippen LogP contribution >= 0.6 is 0 Å². The van der Waals surface area contributed by atoms with Crippen LogP contribution < -0.4 is 0 Å². The number of hydrogen-bond acceptors (Lipinski definition) is 3. The largest absolute Gasteiger partial charge is 0.380 e. The molecule has 0 bridgehead atoms. The molecule has 0 unspecified atom stereocenters. The molecule has 0 fully saturated rings. The highest BCUT2D eigenvalue weighted by Crippen LogP contribution is 2.23. The summed E-state index contributed by atoms with van der Waals surface area (Å²) in [5.41, 5.74) is 3.65. The molecule has 0 aliphatic heterocycles. The molecule has 3 nitrogen and oxygen atoms in total. The van der Waals surface area contributed by atoms with Gasteiger partial charge in [0.2, 0.25) is 0 Å². The molecule has 2 rings (SSSR count). The Morgan fingerprint density at radius 3 is 2.80 bits per heavy atom. The maximum absolute atomic E-state index is 12.4. The summed E-state index contributed by atoms with van der Waals surface area (Å²) in [5.74, 6) is 0.220. The molecule has 0 radical (unpaired) electrons. The van der Waals surface area contributed by atoms with E-state index in [1.54, 1.807) is 0 Å². The van der Waals surface area contributed by atoms with Crippen LogP contribution in [0.2, 0.25) is 0 Å². The van der Waals surface area contributed by atoms with Crippen molar-refractivity contribution in [3.8, 4) is 0 Å². The molecule has 1 aliphatic carbocycles. The number of rotatable bonds is 8. The van der Waals surface area contributed by atoms with Gasteiger partial charge in [0.15, 0.2) is 5.78 Å². The lowest BCUT2D eigenvalue weighted by Crippen LogP contribution is -2.32. The lowest BCUT2D eigenvalue weighted by molar-refractivity contribution is 0.0867. The molecule has 20 heavy (non-hydrogen) atoms. The molecule has 1 aromatic carbocycles. The van der Waals surface area contributed by atoms with Crippen molar-refractivity contribution >= 4 is 5.78 Å². The maximum atomic E-state index is 12.4. The van der Waals surface area contributed by atoms with Crippen LogP contribution in [-0.2, 0) is 17.6 Å². The van der Waals surface area contributed by atoms with Gasteiger partial charge in [0.1, 0.15) is 0 Å². The van der Waals surface area contributed by atoms with Crippen LogP contribution in [-0.4, -0.2) is 43.5 Å². The maximum Gasteiger partial charge on any atom is 0.176 e. The normalized spacial score (nSPS) is 13.8. The molecule has 0 saturated heterocycles. The SMILES string of the molecule is CCOCCN(CC)CC(=O)c1ccc2c(c1)CCC2. The molecule has 0 heterocycles. The van der Waals surface area contributed by atoms with Crippen molar-refractivity contribution < 1.29 is 9.53 Å². The number of ether oxygens (including phenoxy) is 1. The topological polar surface area (TPSA) is 29.5 Å². The Labute approximate surface area is 121 Å². The van der Waals surface area contributed by atoms with Gasteiger partial charge >= 0.3 is 0 Å². The van der Waals surface area contributed by atoms with Gasteiger partial charge in [-0.05, 0) is 49.9 Å². The van der Waals surface area contributed by atoms with Gasteiger partial charge in [-0.25, -0.2) is 0 Å². The molecule has 0 aromatic heterocycles. The molecule has 3 heteroatoms. The fourth-order valence-electron chi connectivity index (χ4n) is 2.73. The second-order valence-corrected chi connectivity index (χ2v) is 5.33. The molecule has 1 aromatic rings. The van der Waals surface area contributed by atoms with E-state index < -0.39 is 0 Å². The van der Waals surface area contributed by atoms with Crippen molar-refractivity contribution in [2.75, 3.05) is 32.8 Å². The summed E-state index contributed by atoms with van der Waals surface area (Å²) in [5, 5.41) is 0. The Kier molecular flexibility index (Phi) is 5.74. The first-order chi connectivity index (χ1) is 9.74. The van der Waals surface area contributed by atoms with Crippen molar-refractivity contribution in [3.63, 3.8) is 0 Å². The molecule has 110 valence electrons. The van der Waals surface area contributed by atoms with Crippen molar-refractivity contribution in [3.05, 3.63) is 34.9 Å². The fraction of sp³-hybridized carbons (Fsp3) is 0.588. The number of carbonyl (C=O) groups is 1. The average molecular weight is 275 g/mol. The van der Waals surface area contributed by atoms with Gasteiger partial charge in [-0.3, -0.25) is 9.69 Å². The Bertz CT molecular complexity index is 456. The van der Waals surface area contributed by atoms with Crippen LogP contribution in [0.15, 0.2) is 18.2 Å². The Balaban J connectivity index is 1.93. The number of hydrogen-bond donors (Lipinski definition) is 0. The van der Waals surface area contributed by atoms with Gasteiger partial charge in [0.25, 0.3) is 0 Å². The first kappa shape index (κ1) is 15.2. The lowest BCUT2D eigenvalue weighted by atomic mass is 10.0. The minimum atomic E-state index is 0.220. The molecule has 1 aliphatic rings. The number of ketones is 1. The second kappa shape index (κ2) is 7.55. The van der Waals surface area contributed by atoms with Gasteiger partial charge in [0, 0.05) is 18.7 Å². The molecular weight excluding hydrogens is 250 g/mol. The van der Waals surface area contributed by atoms with Crippen LogP contribution in [0.3, 0.4) is 0 Å². The predicted octanol–water partition coefficient (Wildman–Crippen LogP) is 2.72. The molecule has 0 N–H and O–H groups in total. The van der Waals surface area contributed by atoms with E-state index in [-0.39, 0.29) is 5.78 Å². The minimum Gasteiger partial charge on any atom is -0.380 e. The predicted molar refractivity (Wildman–Crippen MR) is 81.4 cm³/mol. The zero-order valence-corrected chi connectivity index (χ0v) is 12.7. The van der Waals surface area contributed by atoms with E-state index in [1.165, 1.54) is 24.0 Å². The van der Waals surface area contributed by atoms with Gasteiger partial charge in [0.05, 0.1) is 13.2 Å². The molecule has 0 saturated carbocycles. The third-order valence-corrected chi connectivity index (χ3v) is 3.99. The highest BCUT2D eigenvalue weighted by atomic mass is 16.5. The molecule has 0 atom stereocenters. The number of Topliss-reactive ketones (excluding diaryl/α,β-unsaturated/α-hetero) is 1. The van der Waals surface area contributed by atoms with Crippen LogP contribution in [0, 0.1) is 0 Å². The van der Waals surface area contributed by atoms with E-state index in [2.05, 4.69) is 24.0 Å².